The Labute approximate surface area is 93.8 Å². The Hall–Kier alpha value is -1.28. The molecule has 3 heteroatoms. The lowest BCUT2D eigenvalue weighted by molar-refractivity contribution is 0.418. The van der Waals surface area contributed by atoms with E-state index in [0.29, 0.717) is 0 Å². The number of nitrogens with zero attached hydrogens (tertiary/aromatic N) is 1. The molecule has 0 aliphatic rings. The molecule has 1 aromatic carbocycles. The van der Waals surface area contributed by atoms with E-state index in [9.17, 15) is 0 Å². The van der Waals surface area contributed by atoms with Crippen LogP contribution < -0.4 is 4.74 Å². The van der Waals surface area contributed by atoms with Gasteiger partial charge in [-0.05, 0) is 37.1 Å². The fraction of sp³-hybridized carbons (Fsp3) is 0.250. The maximum Gasteiger partial charge on any atom is 0.145 e. The van der Waals surface area contributed by atoms with Crippen LogP contribution in [0.5, 0.6) is 5.75 Å². The van der Waals surface area contributed by atoms with Crippen molar-refractivity contribution in [2.24, 2.45) is 0 Å². The number of aryl methyl sites for hydroxylation is 2. The zero-order chi connectivity index (χ0) is 11.0. The Kier molecular flexibility index (Phi) is 2.53. The van der Waals surface area contributed by atoms with Gasteiger partial charge >= 0.3 is 0 Å². The molecule has 0 bridgehead atoms. The summed E-state index contributed by atoms with van der Waals surface area (Å²) in [4.78, 5) is 4.34. The Morgan fingerprint density at radius 2 is 2.00 bits per heavy atom. The third-order valence-electron chi connectivity index (χ3n) is 2.41. The predicted molar refractivity (Wildman–Crippen MR) is 62.8 cm³/mol. The van der Waals surface area contributed by atoms with Gasteiger partial charge in [-0.2, -0.15) is 0 Å². The van der Waals surface area contributed by atoms with Gasteiger partial charge in [-0.15, -0.1) is 0 Å². The molecule has 0 N–H and O–H groups in total. The molecular weight excluding hydrogens is 210 g/mol. The van der Waals surface area contributed by atoms with Crippen LogP contribution in [-0.2, 0) is 0 Å². The Morgan fingerprint density at radius 3 is 2.67 bits per heavy atom. The van der Waals surface area contributed by atoms with E-state index < -0.39 is 0 Å². The van der Waals surface area contributed by atoms with Crippen LogP contribution in [0.25, 0.3) is 10.9 Å². The lowest BCUT2D eigenvalue weighted by Gasteiger charge is -2.08. The second kappa shape index (κ2) is 3.70. The molecule has 0 fully saturated rings. The van der Waals surface area contributed by atoms with Gasteiger partial charge in [-0.25, -0.2) is 0 Å². The van der Waals surface area contributed by atoms with Crippen molar-refractivity contribution in [2.75, 3.05) is 7.11 Å². The Morgan fingerprint density at radius 1 is 1.27 bits per heavy atom. The molecule has 0 atom stereocenters. The van der Waals surface area contributed by atoms with Crippen LogP contribution in [0, 0.1) is 13.8 Å². The van der Waals surface area contributed by atoms with E-state index in [1.807, 2.05) is 26.0 Å². The van der Waals surface area contributed by atoms with Gasteiger partial charge in [0, 0.05) is 11.6 Å². The van der Waals surface area contributed by atoms with Gasteiger partial charge in [0.15, 0.2) is 0 Å². The van der Waals surface area contributed by atoms with Gasteiger partial charge in [0.05, 0.1) is 12.1 Å². The van der Waals surface area contributed by atoms with Gasteiger partial charge in [0.1, 0.15) is 11.3 Å². The molecule has 0 amide bonds. The number of pyridine rings is 1. The molecule has 0 saturated heterocycles. The Balaban J connectivity index is 2.89. The van der Waals surface area contributed by atoms with E-state index in [0.717, 1.165) is 32.8 Å². The van der Waals surface area contributed by atoms with Crippen LogP contribution in [-0.4, -0.2) is 12.1 Å². The third-order valence-corrected chi connectivity index (χ3v) is 2.91. The quantitative estimate of drug-likeness (QED) is 0.735. The van der Waals surface area contributed by atoms with E-state index >= 15 is 0 Å². The first-order valence-electron chi connectivity index (χ1n) is 4.73. The highest BCUT2D eigenvalue weighted by atomic mass is 35.5. The molecule has 78 valence electrons. The number of ether oxygens (including phenoxy) is 1. The van der Waals surface area contributed by atoms with E-state index in [4.69, 9.17) is 16.3 Å². The molecule has 1 heterocycles. The normalized spacial score (nSPS) is 10.7. The highest BCUT2D eigenvalue weighted by Crippen LogP contribution is 2.31. The van der Waals surface area contributed by atoms with E-state index in [1.165, 1.54) is 0 Å². The molecule has 0 aliphatic heterocycles. The first-order valence-corrected chi connectivity index (χ1v) is 5.10. The fourth-order valence-corrected chi connectivity index (χ4v) is 1.82. The summed E-state index contributed by atoms with van der Waals surface area (Å²) < 4.78 is 5.28. The lowest BCUT2D eigenvalue weighted by atomic mass is 10.1. The summed E-state index contributed by atoms with van der Waals surface area (Å²) in [7, 11) is 1.64. The van der Waals surface area contributed by atoms with Crippen molar-refractivity contribution in [2.45, 2.75) is 13.8 Å². The largest absolute Gasteiger partial charge is 0.494 e. The van der Waals surface area contributed by atoms with Gasteiger partial charge in [-0.1, -0.05) is 11.6 Å². The van der Waals surface area contributed by atoms with Gasteiger partial charge in [0.25, 0.3) is 0 Å². The topological polar surface area (TPSA) is 22.1 Å². The monoisotopic (exact) mass is 221 g/mol. The molecule has 2 aromatic rings. The number of aromatic nitrogens is 1. The summed E-state index contributed by atoms with van der Waals surface area (Å²) in [6, 6.07) is 3.99. The van der Waals surface area contributed by atoms with E-state index in [-0.39, 0.29) is 0 Å². The van der Waals surface area contributed by atoms with Crippen LogP contribution in [0.3, 0.4) is 0 Å². The summed E-state index contributed by atoms with van der Waals surface area (Å²) in [5.74, 6) is 0.770. The summed E-state index contributed by atoms with van der Waals surface area (Å²) in [5.41, 5.74) is 2.92. The minimum atomic E-state index is 0.752. The standard InChI is InChI=1S/C12H12ClNO/c1-7-4-9-11(13)8(2)6-14-12(9)10(5-7)15-3/h4-6H,1-3H3. The van der Waals surface area contributed by atoms with Crippen LogP contribution in [0.15, 0.2) is 18.3 Å². The maximum absolute atomic E-state index is 6.23. The van der Waals surface area contributed by atoms with E-state index in [2.05, 4.69) is 4.98 Å². The summed E-state index contributed by atoms with van der Waals surface area (Å²) in [6.45, 7) is 3.96. The van der Waals surface area contributed by atoms with Crippen molar-refractivity contribution in [1.82, 2.24) is 4.98 Å². The van der Waals surface area contributed by atoms with Gasteiger partial charge in [-0.3, -0.25) is 4.98 Å². The lowest BCUT2D eigenvalue weighted by Crippen LogP contribution is -1.91. The predicted octanol–water partition coefficient (Wildman–Crippen LogP) is 3.51. The zero-order valence-electron chi connectivity index (χ0n) is 8.97. The average molecular weight is 222 g/mol. The average Bonchev–Trinajstić information content (AvgIpc) is 2.23. The summed E-state index contributed by atoms with van der Waals surface area (Å²) in [5, 5.41) is 1.70. The summed E-state index contributed by atoms with van der Waals surface area (Å²) in [6.07, 6.45) is 1.77. The molecule has 0 unspecified atom stereocenters. The smallest absolute Gasteiger partial charge is 0.145 e. The first kappa shape index (κ1) is 10.2. The highest BCUT2D eigenvalue weighted by molar-refractivity contribution is 6.36. The zero-order valence-corrected chi connectivity index (χ0v) is 9.72. The number of rotatable bonds is 1. The minimum absolute atomic E-state index is 0.752. The van der Waals surface area contributed by atoms with Crippen LogP contribution in [0.4, 0.5) is 0 Å². The first-order chi connectivity index (χ1) is 7.13. The number of fused-ring (bicyclic) bond motifs is 1. The molecule has 0 aliphatic carbocycles. The number of hydrogen-bond acceptors (Lipinski definition) is 2. The third kappa shape index (κ3) is 1.65. The molecule has 0 radical (unpaired) electrons. The molecule has 2 nitrogen and oxygen atoms in total. The van der Waals surface area contributed by atoms with Crippen molar-refractivity contribution >= 4 is 22.5 Å². The Bertz CT molecular complexity index is 523. The SMILES string of the molecule is COc1cc(C)cc2c(Cl)c(C)cnc12. The molecule has 15 heavy (non-hydrogen) atoms. The van der Waals surface area contributed by atoms with Crippen LogP contribution in [0.2, 0.25) is 5.02 Å². The number of benzene rings is 1. The van der Waals surface area contributed by atoms with Crippen molar-refractivity contribution in [3.63, 3.8) is 0 Å². The molecule has 0 saturated carbocycles. The van der Waals surface area contributed by atoms with Crippen molar-refractivity contribution in [3.05, 3.63) is 34.5 Å². The molecule has 2 rings (SSSR count). The second-order valence-corrected chi connectivity index (χ2v) is 4.00. The van der Waals surface area contributed by atoms with Crippen LogP contribution >= 0.6 is 11.6 Å². The molecule has 1 aromatic heterocycles. The number of halogens is 1. The molecular formula is C12H12ClNO. The van der Waals surface area contributed by atoms with Crippen molar-refractivity contribution < 1.29 is 4.74 Å². The van der Waals surface area contributed by atoms with Crippen LogP contribution in [0.1, 0.15) is 11.1 Å². The maximum atomic E-state index is 6.23. The van der Waals surface area contributed by atoms with E-state index in [1.54, 1.807) is 13.3 Å². The number of hydrogen-bond donors (Lipinski definition) is 0. The highest BCUT2D eigenvalue weighted by Gasteiger charge is 2.08. The van der Waals surface area contributed by atoms with Gasteiger partial charge < -0.3 is 4.74 Å². The van der Waals surface area contributed by atoms with Crippen molar-refractivity contribution in [1.29, 1.82) is 0 Å². The minimum Gasteiger partial charge on any atom is -0.494 e. The van der Waals surface area contributed by atoms with Gasteiger partial charge in [0.2, 0.25) is 0 Å². The molecule has 0 spiro atoms. The van der Waals surface area contributed by atoms with Crippen molar-refractivity contribution in [3.8, 4) is 5.75 Å². The number of methoxy groups -OCH3 is 1. The fourth-order valence-electron chi connectivity index (χ4n) is 1.63. The summed E-state index contributed by atoms with van der Waals surface area (Å²) >= 11 is 6.23. The second-order valence-electron chi connectivity index (χ2n) is 3.62.